The molecule has 118 valence electrons. The van der Waals surface area contributed by atoms with Crippen LogP contribution in [0, 0.1) is 0 Å². The molecule has 1 rings (SSSR count). The minimum absolute atomic E-state index is 0.0408. The first kappa shape index (κ1) is 18.0. The first-order valence-corrected chi connectivity index (χ1v) is 9.56. The summed E-state index contributed by atoms with van der Waals surface area (Å²) in [6.45, 7) is 0.367. The summed E-state index contributed by atoms with van der Waals surface area (Å²) < 4.78 is 31.6. The summed E-state index contributed by atoms with van der Waals surface area (Å²) >= 11 is 1.78. The number of unbranched alkanes of at least 4 members (excludes halogenated alkanes) is 2. The summed E-state index contributed by atoms with van der Waals surface area (Å²) in [5, 5.41) is 0. The number of benzene rings is 1. The largest absolute Gasteiger partial charge is 0.465 e. The molecule has 0 amide bonds. The van der Waals surface area contributed by atoms with Crippen molar-refractivity contribution in [2.45, 2.75) is 24.2 Å². The normalized spacial score (nSPS) is 11.3. The molecule has 5 nitrogen and oxygen atoms in total. The molecule has 0 spiro atoms. The molecule has 0 aliphatic heterocycles. The van der Waals surface area contributed by atoms with Crippen LogP contribution in [0.25, 0.3) is 0 Å². The van der Waals surface area contributed by atoms with E-state index in [2.05, 4.69) is 9.46 Å². The van der Waals surface area contributed by atoms with E-state index in [1.165, 1.54) is 19.2 Å². The smallest absolute Gasteiger partial charge is 0.339 e. The van der Waals surface area contributed by atoms with Gasteiger partial charge in [-0.2, -0.15) is 11.8 Å². The Morgan fingerprint density at radius 2 is 1.95 bits per heavy atom. The first-order chi connectivity index (χ1) is 10.0. The van der Waals surface area contributed by atoms with Gasteiger partial charge < -0.3 is 4.74 Å². The summed E-state index contributed by atoms with van der Waals surface area (Å²) in [7, 11) is -2.47. The molecule has 0 heterocycles. The Morgan fingerprint density at radius 1 is 1.24 bits per heavy atom. The van der Waals surface area contributed by atoms with E-state index in [-0.39, 0.29) is 10.5 Å². The quantitative estimate of drug-likeness (QED) is 0.555. The molecular formula is C14H21NO4S2. The van der Waals surface area contributed by atoms with Crippen LogP contribution in [-0.4, -0.2) is 40.1 Å². The second-order valence-corrected chi connectivity index (χ2v) is 7.16. The summed E-state index contributed by atoms with van der Waals surface area (Å²) in [4.78, 5) is 11.6. The molecule has 0 aliphatic carbocycles. The highest BCUT2D eigenvalue weighted by Crippen LogP contribution is 2.16. The van der Waals surface area contributed by atoms with E-state index >= 15 is 0 Å². The number of esters is 1. The van der Waals surface area contributed by atoms with Gasteiger partial charge >= 0.3 is 5.97 Å². The average Bonchev–Trinajstić information content (AvgIpc) is 2.50. The van der Waals surface area contributed by atoms with Crippen molar-refractivity contribution in [3.8, 4) is 0 Å². The van der Waals surface area contributed by atoms with Crippen LogP contribution in [0.3, 0.4) is 0 Å². The minimum atomic E-state index is -3.69. The Labute approximate surface area is 130 Å². The predicted molar refractivity (Wildman–Crippen MR) is 85.2 cm³/mol. The zero-order chi connectivity index (χ0) is 15.7. The average molecular weight is 331 g/mol. The van der Waals surface area contributed by atoms with Crippen molar-refractivity contribution in [2.24, 2.45) is 0 Å². The molecule has 7 heteroatoms. The third-order valence-electron chi connectivity index (χ3n) is 2.90. The lowest BCUT2D eigenvalue weighted by Gasteiger charge is -2.10. The first-order valence-electron chi connectivity index (χ1n) is 6.69. The molecule has 0 atom stereocenters. The maximum Gasteiger partial charge on any atom is 0.339 e. The van der Waals surface area contributed by atoms with Gasteiger partial charge in [-0.15, -0.1) is 0 Å². The van der Waals surface area contributed by atoms with Crippen LogP contribution in [0.2, 0.25) is 0 Å². The second-order valence-electron chi connectivity index (χ2n) is 4.44. The van der Waals surface area contributed by atoms with E-state index in [0.717, 1.165) is 25.0 Å². The Kier molecular flexibility index (Phi) is 7.77. The van der Waals surface area contributed by atoms with Gasteiger partial charge in [0, 0.05) is 6.54 Å². The number of thioether (sulfide) groups is 1. The molecule has 0 fully saturated rings. The number of nitrogens with one attached hydrogen (secondary N) is 1. The third kappa shape index (κ3) is 5.68. The standard InChI is InChI=1S/C14H21NO4S2/c1-19-14(16)12-8-4-5-9-13(12)21(17,18)15-10-6-3-7-11-20-2/h4-5,8-9,15H,3,6-7,10-11H2,1-2H3. The van der Waals surface area contributed by atoms with Crippen molar-refractivity contribution in [2.75, 3.05) is 25.7 Å². The van der Waals surface area contributed by atoms with Crippen molar-refractivity contribution in [3.05, 3.63) is 29.8 Å². The lowest BCUT2D eigenvalue weighted by Crippen LogP contribution is -2.26. The van der Waals surface area contributed by atoms with Gasteiger partial charge in [-0.3, -0.25) is 0 Å². The van der Waals surface area contributed by atoms with Crippen molar-refractivity contribution >= 4 is 27.8 Å². The number of rotatable bonds is 9. The van der Waals surface area contributed by atoms with Gasteiger partial charge in [-0.25, -0.2) is 17.9 Å². The maximum absolute atomic E-state index is 12.2. The highest BCUT2D eigenvalue weighted by molar-refractivity contribution is 7.98. The lowest BCUT2D eigenvalue weighted by molar-refractivity contribution is 0.0596. The number of methoxy groups -OCH3 is 1. The number of ether oxygens (including phenoxy) is 1. The molecule has 21 heavy (non-hydrogen) atoms. The molecule has 0 aromatic heterocycles. The molecule has 0 unspecified atom stereocenters. The Balaban J connectivity index is 2.68. The van der Waals surface area contributed by atoms with Crippen molar-refractivity contribution < 1.29 is 17.9 Å². The Hall–Kier alpha value is -1.05. The summed E-state index contributed by atoms with van der Waals surface area (Å²) in [5.74, 6) is 0.425. The van der Waals surface area contributed by atoms with Crippen LogP contribution in [0.4, 0.5) is 0 Å². The fourth-order valence-electron chi connectivity index (χ4n) is 1.81. The molecule has 0 saturated carbocycles. The Bertz CT molecular complexity index is 558. The van der Waals surface area contributed by atoms with E-state index < -0.39 is 16.0 Å². The molecule has 0 bridgehead atoms. The SMILES string of the molecule is COC(=O)c1ccccc1S(=O)(=O)NCCCCCSC. The molecule has 0 radical (unpaired) electrons. The number of sulfonamides is 1. The second kappa shape index (κ2) is 9.07. The molecule has 1 aromatic carbocycles. The predicted octanol–water partition coefficient (Wildman–Crippen LogP) is 2.28. The molecule has 0 saturated heterocycles. The zero-order valence-electron chi connectivity index (χ0n) is 12.3. The van der Waals surface area contributed by atoms with Gasteiger partial charge in [0.2, 0.25) is 10.0 Å². The highest BCUT2D eigenvalue weighted by atomic mass is 32.2. The molecule has 1 N–H and O–H groups in total. The summed E-state index contributed by atoms with van der Waals surface area (Å²) in [5.41, 5.74) is 0.0508. The molecular weight excluding hydrogens is 310 g/mol. The van der Waals surface area contributed by atoms with E-state index in [1.807, 2.05) is 6.26 Å². The van der Waals surface area contributed by atoms with Gasteiger partial charge in [-0.05, 0) is 37.0 Å². The van der Waals surface area contributed by atoms with Crippen molar-refractivity contribution in [1.82, 2.24) is 4.72 Å². The maximum atomic E-state index is 12.2. The summed E-state index contributed by atoms with van der Waals surface area (Å²) in [6, 6.07) is 6.04. The van der Waals surface area contributed by atoms with E-state index in [1.54, 1.807) is 23.9 Å². The van der Waals surface area contributed by atoms with Crippen LogP contribution in [0.1, 0.15) is 29.6 Å². The topological polar surface area (TPSA) is 72.5 Å². The molecule has 1 aromatic rings. The van der Waals surface area contributed by atoms with Gasteiger partial charge in [-0.1, -0.05) is 18.6 Å². The van der Waals surface area contributed by atoms with Crippen LogP contribution < -0.4 is 4.72 Å². The van der Waals surface area contributed by atoms with Crippen LogP contribution >= 0.6 is 11.8 Å². The van der Waals surface area contributed by atoms with Gasteiger partial charge in [0.15, 0.2) is 0 Å². The van der Waals surface area contributed by atoms with Crippen molar-refractivity contribution in [3.63, 3.8) is 0 Å². The lowest BCUT2D eigenvalue weighted by atomic mass is 10.2. The minimum Gasteiger partial charge on any atom is -0.465 e. The van der Waals surface area contributed by atoms with Gasteiger partial charge in [0.05, 0.1) is 17.6 Å². The molecule has 0 aliphatic rings. The zero-order valence-corrected chi connectivity index (χ0v) is 13.9. The van der Waals surface area contributed by atoms with E-state index in [9.17, 15) is 13.2 Å². The van der Waals surface area contributed by atoms with E-state index in [0.29, 0.717) is 6.54 Å². The fraction of sp³-hybridized carbons (Fsp3) is 0.500. The number of hydrogen-bond donors (Lipinski definition) is 1. The monoisotopic (exact) mass is 331 g/mol. The number of carbonyl (C=O) groups excluding carboxylic acids is 1. The van der Waals surface area contributed by atoms with Crippen LogP contribution in [0.5, 0.6) is 0 Å². The fourth-order valence-corrected chi connectivity index (χ4v) is 3.57. The third-order valence-corrected chi connectivity index (χ3v) is 5.12. The summed E-state index contributed by atoms with van der Waals surface area (Å²) in [6.07, 6.45) is 4.87. The Morgan fingerprint density at radius 3 is 2.62 bits per heavy atom. The van der Waals surface area contributed by atoms with Crippen molar-refractivity contribution in [1.29, 1.82) is 0 Å². The van der Waals surface area contributed by atoms with E-state index in [4.69, 9.17) is 0 Å². The number of hydrogen-bond acceptors (Lipinski definition) is 5. The van der Waals surface area contributed by atoms with Gasteiger partial charge in [0.25, 0.3) is 0 Å². The van der Waals surface area contributed by atoms with Crippen LogP contribution in [0.15, 0.2) is 29.2 Å². The highest BCUT2D eigenvalue weighted by Gasteiger charge is 2.21. The van der Waals surface area contributed by atoms with Crippen LogP contribution in [-0.2, 0) is 14.8 Å². The van der Waals surface area contributed by atoms with Gasteiger partial charge in [0.1, 0.15) is 0 Å². The number of carbonyl (C=O) groups is 1.